The number of benzene rings is 1. The van der Waals surface area contributed by atoms with Gasteiger partial charge < -0.3 is 5.11 Å². The third-order valence-electron chi connectivity index (χ3n) is 2.06. The first kappa shape index (κ1) is 10.6. The molecule has 0 unspecified atom stereocenters. The van der Waals surface area contributed by atoms with Crippen LogP contribution in [0.4, 0.5) is 0 Å². The molecule has 0 bridgehead atoms. The molecule has 0 spiro atoms. The van der Waals surface area contributed by atoms with Gasteiger partial charge in [0.1, 0.15) is 5.75 Å². The van der Waals surface area contributed by atoms with E-state index in [1.807, 2.05) is 13.0 Å². The van der Waals surface area contributed by atoms with Crippen LogP contribution in [0.3, 0.4) is 0 Å². The molecule has 1 rings (SSSR count). The molecule has 1 aromatic rings. The highest BCUT2D eigenvalue weighted by Crippen LogP contribution is 2.23. The lowest BCUT2D eigenvalue weighted by molar-refractivity contribution is 0.479. The molecular formula is C10H15ClOSi. The second kappa shape index (κ2) is 3.35. The number of halogens is 1. The zero-order chi connectivity index (χ0) is 10.2. The zero-order valence-corrected chi connectivity index (χ0v) is 10.2. The first-order chi connectivity index (χ1) is 5.84. The molecule has 0 atom stereocenters. The Balaban J connectivity index is 3.43. The Bertz CT molecular complexity index is 328. The summed E-state index contributed by atoms with van der Waals surface area (Å²) in [4.78, 5) is 0. The van der Waals surface area contributed by atoms with Crippen molar-refractivity contribution in [3.05, 3.63) is 22.7 Å². The monoisotopic (exact) mass is 214 g/mol. The molecule has 1 nitrogen and oxygen atoms in total. The molecule has 0 amide bonds. The van der Waals surface area contributed by atoms with E-state index in [0.717, 1.165) is 15.8 Å². The maximum atomic E-state index is 9.70. The Hall–Kier alpha value is -0.473. The molecule has 3 heteroatoms. The third-order valence-corrected chi connectivity index (χ3v) is 4.71. The summed E-state index contributed by atoms with van der Waals surface area (Å²) in [5, 5.41) is 11.4. The summed E-state index contributed by atoms with van der Waals surface area (Å²) in [6.45, 7) is 8.49. The highest BCUT2D eigenvalue weighted by Gasteiger charge is 2.24. The maximum absolute atomic E-state index is 9.70. The van der Waals surface area contributed by atoms with Crippen LogP contribution in [-0.2, 0) is 0 Å². The summed E-state index contributed by atoms with van der Waals surface area (Å²) in [5.74, 6) is 0.342. The van der Waals surface area contributed by atoms with Gasteiger partial charge in [-0.2, -0.15) is 0 Å². The molecule has 0 saturated heterocycles. The van der Waals surface area contributed by atoms with Crippen LogP contribution in [0.15, 0.2) is 12.1 Å². The number of aryl methyl sites for hydroxylation is 1. The van der Waals surface area contributed by atoms with E-state index >= 15 is 0 Å². The van der Waals surface area contributed by atoms with Crippen LogP contribution in [-0.4, -0.2) is 13.2 Å². The molecule has 0 saturated carbocycles. The van der Waals surface area contributed by atoms with Crippen molar-refractivity contribution in [1.29, 1.82) is 0 Å². The molecule has 72 valence electrons. The number of hydrogen-bond donors (Lipinski definition) is 1. The van der Waals surface area contributed by atoms with E-state index in [0.29, 0.717) is 5.75 Å². The maximum Gasteiger partial charge on any atom is 0.116 e. The summed E-state index contributed by atoms with van der Waals surface area (Å²) >= 11 is 6.16. The highest BCUT2D eigenvalue weighted by molar-refractivity contribution is 6.90. The standard InChI is InChI=1S/C10H15ClOSi/c1-7-5-6-8(12)10(9(7)11)13(2,3)4/h5-6,12H,1-4H3. The van der Waals surface area contributed by atoms with Crippen LogP contribution in [0.5, 0.6) is 5.75 Å². The van der Waals surface area contributed by atoms with Crippen molar-refractivity contribution in [3.8, 4) is 5.75 Å². The Morgan fingerprint density at radius 2 is 1.77 bits per heavy atom. The molecule has 0 aliphatic rings. The minimum absolute atomic E-state index is 0.342. The van der Waals surface area contributed by atoms with Crippen LogP contribution in [0, 0.1) is 6.92 Å². The lowest BCUT2D eigenvalue weighted by atomic mass is 10.2. The first-order valence-corrected chi connectivity index (χ1v) is 8.20. The number of aromatic hydroxyl groups is 1. The second-order valence-corrected chi connectivity index (χ2v) is 9.72. The van der Waals surface area contributed by atoms with Crippen LogP contribution in [0.2, 0.25) is 24.7 Å². The fourth-order valence-corrected chi connectivity index (χ4v) is 4.10. The van der Waals surface area contributed by atoms with Gasteiger partial charge in [-0.25, -0.2) is 0 Å². The van der Waals surface area contributed by atoms with E-state index in [9.17, 15) is 5.11 Å². The lowest BCUT2D eigenvalue weighted by Gasteiger charge is -2.20. The number of rotatable bonds is 1. The van der Waals surface area contributed by atoms with Crippen molar-refractivity contribution in [2.45, 2.75) is 26.6 Å². The molecular weight excluding hydrogens is 200 g/mol. The molecule has 0 fully saturated rings. The van der Waals surface area contributed by atoms with E-state index in [1.54, 1.807) is 6.07 Å². The Kier molecular flexibility index (Phi) is 2.73. The zero-order valence-electron chi connectivity index (χ0n) is 8.48. The number of phenolic OH excluding ortho intramolecular Hbond substituents is 1. The van der Waals surface area contributed by atoms with Crippen LogP contribution in [0.1, 0.15) is 5.56 Å². The first-order valence-electron chi connectivity index (χ1n) is 4.32. The van der Waals surface area contributed by atoms with Crippen molar-refractivity contribution in [1.82, 2.24) is 0 Å². The largest absolute Gasteiger partial charge is 0.508 e. The van der Waals surface area contributed by atoms with Gasteiger partial charge in [-0.3, -0.25) is 0 Å². The van der Waals surface area contributed by atoms with Crippen LogP contribution < -0.4 is 5.19 Å². The Morgan fingerprint density at radius 1 is 1.23 bits per heavy atom. The summed E-state index contributed by atoms with van der Waals surface area (Å²) < 4.78 is 0. The summed E-state index contributed by atoms with van der Waals surface area (Å²) in [7, 11) is -1.54. The minimum Gasteiger partial charge on any atom is -0.508 e. The molecule has 0 aromatic heterocycles. The third kappa shape index (κ3) is 2.06. The van der Waals surface area contributed by atoms with Gasteiger partial charge in [0.05, 0.1) is 8.07 Å². The van der Waals surface area contributed by atoms with Gasteiger partial charge >= 0.3 is 0 Å². The van der Waals surface area contributed by atoms with E-state index in [2.05, 4.69) is 19.6 Å². The van der Waals surface area contributed by atoms with Gasteiger partial charge in [-0.1, -0.05) is 37.3 Å². The molecule has 1 N–H and O–H groups in total. The Labute approximate surface area is 85.4 Å². The van der Waals surface area contributed by atoms with Crippen molar-refractivity contribution in [2.24, 2.45) is 0 Å². The van der Waals surface area contributed by atoms with E-state index in [4.69, 9.17) is 11.6 Å². The quantitative estimate of drug-likeness (QED) is 0.713. The molecule has 0 aliphatic heterocycles. The number of phenols is 1. The van der Waals surface area contributed by atoms with Gasteiger partial charge in [0, 0.05) is 5.02 Å². The lowest BCUT2D eigenvalue weighted by Crippen LogP contribution is -2.38. The van der Waals surface area contributed by atoms with Gasteiger partial charge in [0.2, 0.25) is 0 Å². The summed E-state index contributed by atoms with van der Waals surface area (Å²) in [5.41, 5.74) is 1.04. The van der Waals surface area contributed by atoms with E-state index in [-0.39, 0.29) is 0 Å². The van der Waals surface area contributed by atoms with Gasteiger partial charge in [-0.15, -0.1) is 0 Å². The highest BCUT2D eigenvalue weighted by atomic mass is 35.5. The predicted octanol–water partition coefficient (Wildman–Crippen LogP) is 2.90. The molecule has 0 aliphatic carbocycles. The average Bonchev–Trinajstić information content (AvgIpc) is 1.95. The van der Waals surface area contributed by atoms with E-state index in [1.165, 1.54) is 0 Å². The summed E-state index contributed by atoms with van der Waals surface area (Å²) in [6.07, 6.45) is 0. The molecule has 13 heavy (non-hydrogen) atoms. The van der Waals surface area contributed by atoms with Gasteiger partial charge in [0.15, 0.2) is 0 Å². The minimum atomic E-state index is -1.54. The second-order valence-electron chi connectivity index (χ2n) is 4.34. The van der Waals surface area contributed by atoms with Crippen molar-refractivity contribution in [2.75, 3.05) is 0 Å². The van der Waals surface area contributed by atoms with Crippen molar-refractivity contribution < 1.29 is 5.11 Å². The summed E-state index contributed by atoms with van der Waals surface area (Å²) in [6, 6.07) is 3.58. The smallest absolute Gasteiger partial charge is 0.116 e. The average molecular weight is 215 g/mol. The topological polar surface area (TPSA) is 20.2 Å². The molecule has 1 aromatic carbocycles. The predicted molar refractivity (Wildman–Crippen MR) is 60.8 cm³/mol. The fraction of sp³-hybridized carbons (Fsp3) is 0.400. The Morgan fingerprint density at radius 3 is 2.15 bits per heavy atom. The molecule has 0 heterocycles. The normalized spacial score (nSPS) is 11.8. The van der Waals surface area contributed by atoms with Crippen LogP contribution in [0.25, 0.3) is 0 Å². The van der Waals surface area contributed by atoms with Gasteiger partial charge in [-0.05, 0) is 23.7 Å². The van der Waals surface area contributed by atoms with Crippen molar-refractivity contribution in [3.63, 3.8) is 0 Å². The molecule has 0 radical (unpaired) electrons. The van der Waals surface area contributed by atoms with Crippen LogP contribution >= 0.6 is 11.6 Å². The SMILES string of the molecule is Cc1ccc(O)c([Si](C)(C)C)c1Cl. The van der Waals surface area contributed by atoms with Gasteiger partial charge in [0.25, 0.3) is 0 Å². The fourth-order valence-electron chi connectivity index (χ4n) is 1.38. The number of hydrogen-bond acceptors (Lipinski definition) is 1. The van der Waals surface area contributed by atoms with E-state index < -0.39 is 8.07 Å². The van der Waals surface area contributed by atoms with Crippen molar-refractivity contribution >= 4 is 24.9 Å².